The van der Waals surface area contributed by atoms with Crippen molar-refractivity contribution in [3.8, 4) is 5.75 Å². The summed E-state index contributed by atoms with van der Waals surface area (Å²) in [6.45, 7) is 0. The maximum atomic E-state index is 11.4. The molecule has 1 rings (SSSR count). The van der Waals surface area contributed by atoms with Gasteiger partial charge in [0, 0.05) is 17.7 Å². The molecular formula is C12H11NO5. The SMILES string of the molecule is COC(=O)C=CC(=O)Nc1ccc(O)cc1C=O. The van der Waals surface area contributed by atoms with E-state index in [2.05, 4.69) is 10.1 Å². The Kier molecular flexibility index (Phi) is 4.62. The summed E-state index contributed by atoms with van der Waals surface area (Å²) in [4.78, 5) is 32.9. The van der Waals surface area contributed by atoms with E-state index in [0.717, 1.165) is 12.2 Å². The maximum Gasteiger partial charge on any atom is 0.330 e. The van der Waals surface area contributed by atoms with Gasteiger partial charge in [0.2, 0.25) is 5.91 Å². The Morgan fingerprint density at radius 3 is 2.67 bits per heavy atom. The van der Waals surface area contributed by atoms with Gasteiger partial charge in [-0.3, -0.25) is 9.59 Å². The summed E-state index contributed by atoms with van der Waals surface area (Å²) < 4.78 is 4.32. The van der Waals surface area contributed by atoms with Gasteiger partial charge in [0.05, 0.1) is 12.8 Å². The number of aldehydes is 1. The van der Waals surface area contributed by atoms with E-state index in [0.29, 0.717) is 6.29 Å². The molecule has 0 heterocycles. The minimum absolute atomic E-state index is 0.0831. The molecule has 0 radical (unpaired) electrons. The van der Waals surface area contributed by atoms with E-state index in [1.165, 1.54) is 25.3 Å². The number of anilines is 1. The number of nitrogens with one attached hydrogen (secondary N) is 1. The predicted octanol–water partition coefficient (Wildman–Crippen LogP) is 0.872. The second-order valence-corrected chi connectivity index (χ2v) is 3.24. The van der Waals surface area contributed by atoms with Crippen LogP contribution in [0.1, 0.15) is 10.4 Å². The van der Waals surface area contributed by atoms with Gasteiger partial charge in [-0.2, -0.15) is 0 Å². The third-order valence-corrected chi connectivity index (χ3v) is 1.99. The number of aromatic hydroxyl groups is 1. The largest absolute Gasteiger partial charge is 0.508 e. The number of amides is 1. The highest BCUT2D eigenvalue weighted by Gasteiger charge is 2.05. The number of methoxy groups -OCH3 is 1. The molecule has 0 aliphatic heterocycles. The minimum atomic E-state index is -0.661. The molecule has 6 nitrogen and oxygen atoms in total. The Morgan fingerprint density at radius 1 is 1.33 bits per heavy atom. The van der Waals surface area contributed by atoms with Crippen LogP contribution in [0.2, 0.25) is 0 Å². The number of hydrogen-bond donors (Lipinski definition) is 2. The normalized spacial score (nSPS) is 10.1. The zero-order chi connectivity index (χ0) is 13.5. The van der Waals surface area contributed by atoms with Gasteiger partial charge in [0.25, 0.3) is 0 Å². The Balaban J connectivity index is 2.79. The van der Waals surface area contributed by atoms with Crippen LogP contribution in [0, 0.1) is 0 Å². The molecule has 0 aromatic heterocycles. The molecule has 94 valence electrons. The molecule has 0 bridgehead atoms. The topological polar surface area (TPSA) is 92.7 Å². The lowest BCUT2D eigenvalue weighted by atomic mass is 10.2. The Hall–Kier alpha value is -2.63. The highest BCUT2D eigenvalue weighted by atomic mass is 16.5. The smallest absolute Gasteiger partial charge is 0.330 e. The molecule has 0 aliphatic carbocycles. The van der Waals surface area contributed by atoms with Gasteiger partial charge in [0.15, 0.2) is 6.29 Å². The second-order valence-electron chi connectivity index (χ2n) is 3.24. The first-order valence-electron chi connectivity index (χ1n) is 4.92. The van der Waals surface area contributed by atoms with Crippen LogP contribution in [-0.4, -0.2) is 30.4 Å². The molecule has 0 spiro atoms. The average Bonchev–Trinajstić information content (AvgIpc) is 2.37. The van der Waals surface area contributed by atoms with Gasteiger partial charge in [-0.1, -0.05) is 0 Å². The third-order valence-electron chi connectivity index (χ3n) is 1.99. The molecule has 1 aromatic carbocycles. The Morgan fingerprint density at radius 2 is 2.06 bits per heavy atom. The van der Waals surface area contributed by atoms with Gasteiger partial charge < -0.3 is 15.2 Å². The van der Waals surface area contributed by atoms with Crippen LogP contribution in [0.4, 0.5) is 5.69 Å². The first kappa shape index (κ1) is 13.4. The standard InChI is InChI=1S/C12H11NO5/c1-18-12(17)5-4-11(16)13-10-3-2-9(15)6-8(10)7-14/h2-7,15H,1H3,(H,13,16). The van der Waals surface area contributed by atoms with Gasteiger partial charge in [-0.15, -0.1) is 0 Å². The maximum absolute atomic E-state index is 11.4. The quantitative estimate of drug-likeness (QED) is 0.357. The van der Waals surface area contributed by atoms with Crippen molar-refractivity contribution in [1.29, 1.82) is 0 Å². The molecule has 0 saturated carbocycles. The van der Waals surface area contributed by atoms with Crippen molar-refractivity contribution in [3.05, 3.63) is 35.9 Å². The number of rotatable bonds is 4. The third kappa shape index (κ3) is 3.75. The lowest BCUT2D eigenvalue weighted by molar-refractivity contribution is -0.135. The molecule has 0 atom stereocenters. The lowest BCUT2D eigenvalue weighted by Crippen LogP contribution is -2.10. The summed E-state index contributed by atoms with van der Waals surface area (Å²) in [5, 5.41) is 11.6. The van der Waals surface area contributed by atoms with E-state index in [1.807, 2.05) is 0 Å². The summed E-state index contributed by atoms with van der Waals surface area (Å²) in [6, 6.07) is 3.92. The molecule has 1 amide bonds. The van der Waals surface area contributed by atoms with Crippen LogP contribution in [-0.2, 0) is 14.3 Å². The zero-order valence-electron chi connectivity index (χ0n) is 9.54. The minimum Gasteiger partial charge on any atom is -0.508 e. The average molecular weight is 249 g/mol. The van der Waals surface area contributed by atoms with Crippen molar-refractivity contribution in [1.82, 2.24) is 0 Å². The first-order chi connectivity index (χ1) is 8.56. The van der Waals surface area contributed by atoms with Crippen LogP contribution in [0.5, 0.6) is 5.75 Å². The summed E-state index contributed by atoms with van der Waals surface area (Å²) in [5.41, 5.74) is 0.372. The van der Waals surface area contributed by atoms with E-state index in [4.69, 9.17) is 5.11 Å². The summed E-state index contributed by atoms with van der Waals surface area (Å²) in [6.07, 6.45) is 2.43. The molecule has 0 fully saturated rings. The zero-order valence-corrected chi connectivity index (χ0v) is 9.54. The van der Waals surface area contributed by atoms with E-state index in [9.17, 15) is 14.4 Å². The van der Waals surface area contributed by atoms with Gasteiger partial charge in [0.1, 0.15) is 5.75 Å². The molecular weight excluding hydrogens is 238 g/mol. The van der Waals surface area contributed by atoms with Crippen molar-refractivity contribution < 1.29 is 24.2 Å². The fraction of sp³-hybridized carbons (Fsp3) is 0.0833. The highest BCUT2D eigenvalue weighted by Crippen LogP contribution is 2.19. The number of carbonyl (C=O) groups is 3. The van der Waals surface area contributed by atoms with E-state index >= 15 is 0 Å². The van der Waals surface area contributed by atoms with Gasteiger partial charge in [-0.25, -0.2) is 4.79 Å². The van der Waals surface area contributed by atoms with Crippen LogP contribution in [0.25, 0.3) is 0 Å². The fourth-order valence-corrected chi connectivity index (χ4v) is 1.15. The predicted molar refractivity (Wildman–Crippen MR) is 63.3 cm³/mol. The molecule has 0 saturated heterocycles. The fourth-order valence-electron chi connectivity index (χ4n) is 1.15. The number of ether oxygens (including phenoxy) is 1. The highest BCUT2D eigenvalue weighted by molar-refractivity contribution is 6.04. The number of phenolic OH excluding ortho intramolecular Hbond substituents is 1. The van der Waals surface area contributed by atoms with Crippen LogP contribution in [0.3, 0.4) is 0 Å². The van der Waals surface area contributed by atoms with E-state index in [-0.39, 0.29) is 17.0 Å². The van der Waals surface area contributed by atoms with Crippen molar-refractivity contribution in [3.63, 3.8) is 0 Å². The summed E-state index contributed by atoms with van der Waals surface area (Å²) in [7, 11) is 1.19. The summed E-state index contributed by atoms with van der Waals surface area (Å²) >= 11 is 0. The number of phenols is 1. The van der Waals surface area contributed by atoms with Crippen molar-refractivity contribution in [2.75, 3.05) is 12.4 Å². The Bertz CT molecular complexity index is 507. The molecule has 0 unspecified atom stereocenters. The van der Waals surface area contributed by atoms with Gasteiger partial charge in [-0.05, 0) is 18.2 Å². The molecule has 6 heteroatoms. The monoisotopic (exact) mass is 249 g/mol. The number of benzene rings is 1. The van der Waals surface area contributed by atoms with E-state index in [1.54, 1.807) is 0 Å². The second kappa shape index (κ2) is 6.19. The number of carbonyl (C=O) groups excluding carboxylic acids is 3. The van der Waals surface area contributed by atoms with Crippen LogP contribution in [0.15, 0.2) is 30.4 Å². The first-order valence-corrected chi connectivity index (χ1v) is 4.92. The van der Waals surface area contributed by atoms with Gasteiger partial charge >= 0.3 is 5.97 Å². The van der Waals surface area contributed by atoms with Crippen LogP contribution < -0.4 is 5.32 Å². The van der Waals surface area contributed by atoms with Crippen molar-refractivity contribution in [2.24, 2.45) is 0 Å². The number of hydrogen-bond acceptors (Lipinski definition) is 5. The molecule has 0 aliphatic rings. The summed E-state index contributed by atoms with van der Waals surface area (Å²) in [5.74, 6) is -1.33. The van der Waals surface area contributed by atoms with Crippen LogP contribution >= 0.6 is 0 Å². The van der Waals surface area contributed by atoms with Crippen molar-refractivity contribution in [2.45, 2.75) is 0 Å². The number of esters is 1. The molecule has 1 aromatic rings. The van der Waals surface area contributed by atoms with E-state index < -0.39 is 11.9 Å². The molecule has 18 heavy (non-hydrogen) atoms. The van der Waals surface area contributed by atoms with Crippen molar-refractivity contribution >= 4 is 23.9 Å². The lowest BCUT2D eigenvalue weighted by Gasteiger charge is -2.05. The molecule has 2 N–H and O–H groups in total. The Labute approximate surface area is 103 Å².